The molecule has 3 unspecified atom stereocenters. The molecule has 0 amide bonds. The number of rotatable bonds is 3. The van der Waals surface area contributed by atoms with E-state index >= 15 is 0 Å². The molecule has 1 rings (SSSR count). The van der Waals surface area contributed by atoms with Gasteiger partial charge in [-0.3, -0.25) is 9.69 Å². The van der Waals surface area contributed by atoms with Crippen molar-refractivity contribution in [3.05, 3.63) is 0 Å². The molecule has 0 aromatic carbocycles. The molecule has 1 heterocycles. The topological polar surface area (TPSA) is 60.8 Å². The standard InChI is InChI=1S/C10H19NO3/c1-7(8(2)12)11-5-3-4-9(6-11)10(13)14/h7-9,12H,3-6H2,1-2H3,(H,13,14). The summed E-state index contributed by atoms with van der Waals surface area (Å²) in [4.78, 5) is 12.9. The van der Waals surface area contributed by atoms with Crippen molar-refractivity contribution in [1.29, 1.82) is 0 Å². The summed E-state index contributed by atoms with van der Waals surface area (Å²) in [6.07, 6.45) is 1.27. The lowest BCUT2D eigenvalue weighted by Crippen LogP contribution is -2.47. The molecule has 0 bridgehead atoms. The average molecular weight is 201 g/mol. The quantitative estimate of drug-likeness (QED) is 0.700. The van der Waals surface area contributed by atoms with E-state index in [1.807, 2.05) is 6.92 Å². The molecule has 0 aromatic heterocycles. The Hall–Kier alpha value is -0.610. The molecule has 82 valence electrons. The minimum Gasteiger partial charge on any atom is -0.481 e. The van der Waals surface area contributed by atoms with E-state index in [1.54, 1.807) is 6.92 Å². The van der Waals surface area contributed by atoms with Gasteiger partial charge < -0.3 is 10.2 Å². The second-order valence-corrected chi connectivity index (χ2v) is 4.15. The molecule has 0 saturated carbocycles. The zero-order chi connectivity index (χ0) is 10.7. The largest absolute Gasteiger partial charge is 0.481 e. The average Bonchev–Trinajstić information content (AvgIpc) is 2.16. The fourth-order valence-corrected chi connectivity index (χ4v) is 1.88. The van der Waals surface area contributed by atoms with E-state index < -0.39 is 12.1 Å². The predicted octanol–water partition coefficient (Wildman–Crippen LogP) is 0.552. The van der Waals surface area contributed by atoms with E-state index in [2.05, 4.69) is 4.90 Å². The van der Waals surface area contributed by atoms with Gasteiger partial charge in [-0.1, -0.05) is 0 Å². The van der Waals surface area contributed by atoms with Gasteiger partial charge in [0.25, 0.3) is 0 Å². The third kappa shape index (κ3) is 2.69. The normalized spacial score (nSPS) is 28.4. The van der Waals surface area contributed by atoms with Crippen LogP contribution in [-0.4, -0.2) is 46.3 Å². The van der Waals surface area contributed by atoms with E-state index in [1.165, 1.54) is 0 Å². The van der Waals surface area contributed by atoms with Gasteiger partial charge in [0.2, 0.25) is 0 Å². The van der Waals surface area contributed by atoms with Crippen molar-refractivity contribution in [3.63, 3.8) is 0 Å². The van der Waals surface area contributed by atoms with Crippen LogP contribution in [0.2, 0.25) is 0 Å². The van der Waals surface area contributed by atoms with Crippen molar-refractivity contribution in [1.82, 2.24) is 4.90 Å². The third-order valence-electron chi connectivity index (χ3n) is 3.08. The molecular weight excluding hydrogens is 182 g/mol. The SMILES string of the molecule is CC(O)C(C)N1CCCC(C(=O)O)C1. The smallest absolute Gasteiger partial charge is 0.307 e. The summed E-state index contributed by atoms with van der Waals surface area (Å²) in [7, 11) is 0. The fraction of sp³-hybridized carbons (Fsp3) is 0.900. The molecule has 1 aliphatic heterocycles. The molecule has 0 radical (unpaired) electrons. The van der Waals surface area contributed by atoms with Crippen molar-refractivity contribution in [2.75, 3.05) is 13.1 Å². The van der Waals surface area contributed by atoms with Crippen molar-refractivity contribution >= 4 is 5.97 Å². The van der Waals surface area contributed by atoms with Crippen molar-refractivity contribution in [3.8, 4) is 0 Å². The number of carbonyl (C=O) groups is 1. The lowest BCUT2D eigenvalue weighted by Gasteiger charge is -2.36. The number of carboxylic acid groups (broad SMARTS) is 1. The lowest BCUT2D eigenvalue weighted by atomic mass is 9.96. The molecule has 1 saturated heterocycles. The summed E-state index contributed by atoms with van der Waals surface area (Å²) in [6.45, 7) is 5.15. The number of hydrogen-bond acceptors (Lipinski definition) is 3. The van der Waals surface area contributed by atoms with Crippen LogP contribution < -0.4 is 0 Å². The molecule has 0 aliphatic carbocycles. The van der Waals surface area contributed by atoms with Gasteiger partial charge in [-0.25, -0.2) is 0 Å². The van der Waals surface area contributed by atoms with E-state index in [9.17, 15) is 9.90 Å². The van der Waals surface area contributed by atoms with Crippen molar-refractivity contribution < 1.29 is 15.0 Å². The number of nitrogens with zero attached hydrogens (tertiary/aromatic N) is 1. The number of aliphatic hydroxyl groups is 1. The van der Waals surface area contributed by atoms with Crippen LogP contribution in [0, 0.1) is 5.92 Å². The predicted molar refractivity (Wildman–Crippen MR) is 53.1 cm³/mol. The zero-order valence-corrected chi connectivity index (χ0v) is 8.81. The van der Waals surface area contributed by atoms with Crippen LogP contribution in [0.15, 0.2) is 0 Å². The Labute approximate surface area is 84.5 Å². The molecule has 4 heteroatoms. The second-order valence-electron chi connectivity index (χ2n) is 4.15. The molecule has 1 fully saturated rings. The minimum atomic E-state index is -0.715. The maximum atomic E-state index is 10.8. The molecule has 2 N–H and O–H groups in total. The van der Waals surface area contributed by atoms with E-state index in [4.69, 9.17) is 5.11 Å². The van der Waals surface area contributed by atoms with Gasteiger partial charge in [0, 0.05) is 12.6 Å². The molecule has 0 aromatic rings. The van der Waals surface area contributed by atoms with Crippen LogP contribution in [-0.2, 0) is 4.79 Å². The van der Waals surface area contributed by atoms with Crippen LogP contribution in [0.1, 0.15) is 26.7 Å². The number of likely N-dealkylation sites (tertiary alicyclic amines) is 1. The van der Waals surface area contributed by atoms with Crippen LogP contribution >= 0.6 is 0 Å². The van der Waals surface area contributed by atoms with Gasteiger partial charge in [-0.2, -0.15) is 0 Å². The summed E-state index contributed by atoms with van der Waals surface area (Å²) in [6, 6.07) is 0.0529. The minimum absolute atomic E-state index is 0.0529. The van der Waals surface area contributed by atoms with Crippen molar-refractivity contribution in [2.45, 2.75) is 38.8 Å². The third-order valence-corrected chi connectivity index (χ3v) is 3.08. The number of carboxylic acids is 1. The summed E-state index contributed by atoms with van der Waals surface area (Å²) < 4.78 is 0. The van der Waals surface area contributed by atoms with Crippen molar-refractivity contribution in [2.24, 2.45) is 5.92 Å². The Balaban J connectivity index is 2.51. The molecular formula is C10H19NO3. The summed E-state index contributed by atoms with van der Waals surface area (Å²) in [5.41, 5.74) is 0. The monoisotopic (exact) mass is 201 g/mol. The highest BCUT2D eigenvalue weighted by Gasteiger charge is 2.29. The Kier molecular flexibility index (Phi) is 3.89. The molecule has 14 heavy (non-hydrogen) atoms. The van der Waals surface area contributed by atoms with Gasteiger partial charge in [0.1, 0.15) is 0 Å². The van der Waals surface area contributed by atoms with Crippen LogP contribution in [0.4, 0.5) is 0 Å². The van der Waals surface area contributed by atoms with E-state index in [0.717, 1.165) is 19.4 Å². The summed E-state index contributed by atoms with van der Waals surface area (Å²) in [5.74, 6) is -0.975. The highest BCUT2D eigenvalue weighted by molar-refractivity contribution is 5.70. The maximum Gasteiger partial charge on any atom is 0.307 e. The first-order valence-corrected chi connectivity index (χ1v) is 5.17. The maximum absolute atomic E-state index is 10.8. The van der Waals surface area contributed by atoms with Gasteiger partial charge in [0.05, 0.1) is 12.0 Å². The summed E-state index contributed by atoms with van der Waals surface area (Å²) >= 11 is 0. The van der Waals surface area contributed by atoms with Gasteiger partial charge >= 0.3 is 5.97 Å². The number of hydrogen-bond donors (Lipinski definition) is 2. The first kappa shape index (κ1) is 11.5. The zero-order valence-electron chi connectivity index (χ0n) is 8.81. The Bertz CT molecular complexity index is 206. The molecule has 0 spiro atoms. The Morgan fingerprint density at radius 3 is 2.64 bits per heavy atom. The highest BCUT2D eigenvalue weighted by Crippen LogP contribution is 2.19. The Morgan fingerprint density at radius 2 is 2.14 bits per heavy atom. The van der Waals surface area contributed by atoms with Gasteiger partial charge in [-0.15, -0.1) is 0 Å². The fourth-order valence-electron chi connectivity index (χ4n) is 1.88. The van der Waals surface area contributed by atoms with Crippen LogP contribution in [0.25, 0.3) is 0 Å². The number of aliphatic carboxylic acids is 1. The van der Waals surface area contributed by atoms with E-state index in [0.29, 0.717) is 6.54 Å². The second kappa shape index (κ2) is 4.75. The molecule has 1 aliphatic rings. The highest BCUT2D eigenvalue weighted by atomic mass is 16.4. The van der Waals surface area contributed by atoms with Gasteiger partial charge in [-0.05, 0) is 33.2 Å². The first-order valence-electron chi connectivity index (χ1n) is 5.17. The first-order chi connectivity index (χ1) is 6.52. The number of aliphatic hydroxyl groups excluding tert-OH is 1. The van der Waals surface area contributed by atoms with Crippen LogP contribution in [0.5, 0.6) is 0 Å². The summed E-state index contributed by atoms with van der Waals surface area (Å²) in [5, 5.41) is 18.3. The molecule has 3 atom stereocenters. The van der Waals surface area contributed by atoms with E-state index in [-0.39, 0.29) is 12.0 Å². The Morgan fingerprint density at radius 1 is 1.50 bits per heavy atom. The van der Waals surface area contributed by atoms with Gasteiger partial charge in [0.15, 0.2) is 0 Å². The molecule has 4 nitrogen and oxygen atoms in total. The van der Waals surface area contributed by atoms with Crippen LogP contribution in [0.3, 0.4) is 0 Å². The number of piperidine rings is 1. The lowest BCUT2D eigenvalue weighted by molar-refractivity contribution is -0.144.